The Morgan fingerprint density at radius 1 is 1.80 bits per heavy atom. The van der Waals surface area contributed by atoms with Gasteiger partial charge in [0.1, 0.15) is 0 Å². The third-order valence-electron chi connectivity index (χ3n) is 0.487. The summed E-state index contributed by atoms with van der Waals surface area (Å²) in [5.74, 6) is 0. The van der Waals surface area contributed by atoms with Crippen molar-refractivity contribution in [2.45, 2.75) is 12.2 Å². The van der Waals surface area contributed by atoms with Crippen molar-refractivity contribution in [3.05, 3.63) is 0 Å². The maximum absolute atomic E-state index is 3.39. The fourth-order valence-corrected chi connectivity index (χ4v) is 3.61. The van der Waals surface area contributed by atoms with Crippen LogP contribution in [-0.4, -0.2) is 19.6 Å². The van der Waals surface area contributed by atoms with Crippen LogP contribution >= 0.6 is 15.9 Å². The average Bonchev–Trinajstić information content (AvgIpc) is 1.41. The summed E-state index contributed by atoms with van der Waals surface area (Å²) in [4.78, 5) is 0. The number of hydrogen-bond acceptors (Lipinski definition) is 0. The Morgan fingerprint density at radius 2 is 2.40 bits per heavy atom. The topological polar surface area (TPSA) is 0 Å². The van der Waals surface area contributed by atoms with Gasteiger partial charge >= 0.3 is 47.7 Å². The molecule has 0 bridgehead atoms. The van der Waals surface area contributed by atoms with Crippen LogP contribution in [0.3, 0.4) is 0 Å². The third-order valence-corrected chi connectivity index (χ3v) is 5.45. The molecule has 0 heterocycles. The number of alkyl halides is 1. The summed E-state index contributed by atoms with van der Waals surface area (Å²) in [6, 6.07) is 0. The molecular formula is C3H9BrGe. The van der Waals surface area contributed by atoms with Crippen molar-refractivity contribution in [1.29, 1.82) is 0 Å². The molecule has 32 valence electrons. The molecule has 2 heteroatoms. The van der Waals surface area contributed by atoms with Crippen molar-refractivity contribution in [1.82, 2.24) is 0 Å². The fraction of sp³-hybridized carbons (Fsp3) is 1.00. The Labute approximate surface area is 47.9 Å². The SMILES string of the molecule is C[CH2][GeH2][CH2]Br. The molecule has 0 fully saturated rings. The molecule has 0 aromatic rings. The number of rotatable bonds is 2. The second kappa shape index (κ2) is 5.02. The van der Waals surface area contributed by atoms with Crippen molar-refractivity contribution in [3.63, 3.8) is 0 Å². The molecule has 0 saturated heterocycles. The zero-order chi connectivity index (χ0) is 4.12. The van der Waals surface area contributed by atoms with Crippen LogP contribution in [0.1, 0.15) is 6.92 Å². The Balaban J connectivity index is 2.19. The summed E-state index contributed by atoms with van der Waals surface area (Å²) >= 11 is 3.41. The van der Waals surface area contributed by atoms with E-state index < -0.39 is 0 Å². The van der Waals surface area contributed by atoms with E-state index in [-0.39, 0.29) is 15.4 Å². The first kappa shape index (κ1) is 6.02. The van der Waals surface area contributed by atoms with E-state index in [4.69, 9.17) is 0 Å². The molecule has 0 spiro atoms. The van der Waals surface area contributed by atoms with Gasteiger partial charge in [0, 0.05) is 0 Å². The van der Waals surface area contributed by atoms with Crippen LogP contribution in [0.4, 0.5) is 0 Å². The summed E-state index contributed by atoms with van der Waals surface area (Å²) in [6.07, 6.45) is 0. The first-order valence-electron chi connectivity index (χ1n) is 1.97. The van der Waals surface area contributed by atoms with Gasteiger partial charge in [-0.3, -0.25) is 0 Å². The maximum atomic E-state index is 3.39. The van der Waals surface area contributed by atoms with Gasteiger partial charge in [-0.1, -0.05) is 0 Å². The van der Waals surface area contributed by atoms with E-state index in [1.54, 1.807) is 0 Å². The van der Waals surface area contributed by atoms with Crippen LogP contribution in [0.5, 0.6) is 0 Å². The molecule has 0 amide bonds. The van der Waals surface area contributed by atoms with E-state index in [1.807, 2.05) is 0 Å². The Kier molecular flexibility index (Phi) is 6.05. The van der Waals surface area contributed by atoms with Gasteiger partial charge in [0.05, 0.1) is 0 Å². The zero-order valence-corrected chi connectivity index (χ0v) is 8.05. The predicted octanol–water partition coefficient (Wildman–Crippen LogP) is 0.946. The van der Waals surface area contributed by atoms with E-state index >= 15 is 0 Å². The molecule has 0 aliphatic rings. The van der Waals surface area contributed by atoms with E-state index in [1.165, 1.54) is 9.42 Å². The molecule has 0 aromatic carbocycles. The molecule has 0 rings (SSSR count). The standard InChI is InChI=1S/C3H9BrGe/c1-2-5-3-4/h2-3,5H2,1H3. The molecule has 0 radical (unpaired) electrons. The fourth-order valence-electron chi connectivity index (χ4n) is 0.134. The quantitative estimate of drug-likeness (QED) is 0.457. The van der Waals surface area contributed by atoms with Gasteiger partial charge in [-0.2, -0.15) is 0 Å². The summed E-state index contributed by atoms with van der Waals surface area (Å²) in [5.41, 5.74) is 0. The summed E-state index contributed by atoms with van der Waals surface area (Å²) in [6.45, 7) is 2.27. The predicted molar refractivity (Wildman–Crippen MR) is 32.8 cm³/mol. The molecule has 0 N–H and O–H groups in total. The Bertz CT molecular complexity index is 14.4. The minimum atomic E-state index is 0.0139. The summed E-state index contributed by atoms with van der Waals surface area (Å²) in [7, 11) is 0. The monoisotopic (exact) mass is 198 g/mol. The summed E-state index contributed by atoms with van der Waals surface area (Å²) in [5, 5.41) is 1.48. The first-order chi connectivity index (χ1) is 2.41. The van der Waals surface area contributed by atoms with Gasteiger partial charge in [0.25, 0.3) is 0 Å². The second-order valence-electron chi connectivity index (χ2n) is 1.04. The van der Waals surface area contributed by atoms with Crippen molar-refractivity contribution >= 4 is 31.4 Å². The van der Waals surface area contributed by atoms with Gasteiger partial charge in [-0.25, -0.2) is 0 Å². The van der Waals surface area contributed by atoms with Crippen molar-refractivity contribution in [3.8, 4) is 0 Å². The molecule has 0 aliphatic heterocycles. The van der Waals surface area contributed by atoms with Crippen molar-refractivity contribution in [2.24, 2.45) is 0 Å². The minimum absolute atomic E-state index is 0.0139. The molecule has 5 heavy (non-hydrogen) atoms. The number of halogens is 1. The molecule has 0 atom stereocenters. The molecule has 0 saturated carbocycles. The molecule has 0 unspecified atom stereocenters. The molecular weight excluding hydrogens is 189 g/mol. The van der Waals surface area contributed by atoms with Gasteiger partial charge in [-0.15, -0.1) is 0 Å². The van der Waals surface area contributed by atoms with E-state index in [0.29, 0.717) is 0 Å². The van der Waals surface area contributed by atoms with Crippen LogP contribution in [-0.2, 0) is 0 Å². The van der Waals surface area contributed by atoms with Gasteiger partial charge in [0.15, 0.2) is 0 Å². The Morgan fingerprint density at radius 3 is 2.40 bits per heavy atom. The number of hydrogen-bond donors (Lipinski definition) is 0. The van der Waals surface area contributed by atoms with Crippen LogP contribution in [0.25, 0.3) is 0 Å². The first-order valence-corrected chi connectivity index (χ1v) is 7.29. The van der Waals surface area contributed by atoms with Crippen LogP contribution in [0, 0.1) is 0 Å². The molecule has 0 nitrogen and oxygen atoms in total. The van der Waals surface area contributed by atoms with Crippen LogP contribution in [0.15, 0.2) is 0 Å². The second-order valence-corrected chi connectivity index (χ2v) is 9.54. The summed E-state index contributed by atoms with van der Waals surface area (Å²) < 4.78 is 1.34. The van der Waals surface area contributed by atoms with E-state index in [9.17, 15) is 0 Å². The van der Waals surface area contributed by atoms with Gasteiger partial charge in [-0.05, 0) is 0 Å². The zero-order valence-electron chi connectivity index (χ0n) is 3.50. The Hall–Kier alpha value is 1.02. The average molecular weight is 198 g/mol. The third kappa shape index (κ3) is 5.02. The molecule has 0 aliphatic carbocycles. The normalized spacial score (nSPS) is 10.8. The van der Waals surface area contributed by atoms with Crippen LogP contribution in [0.2, 0.25) is 5.25 Å². The van der Waals surface area contributed by atoms with Gasteiger partial charge in [0.2, 0.25) is 0 Å². The van der Waals surface area contributed by atoms with Crippen LogP contribution < -0.4 is 0 Å². The van der Waals surface area contributed by atoms with Crippen molar-refractivity contribution in [2.75, 3.05) is 4.16 Å². The molecule has 0 aromatic heterocycles. The van der Waals surface area contributed by atoms with E-state index in [0.717, 1.165) is 0 Å². The van der Waals surface area contributed by atoms with Gasteiger partial charge < -0.3 is 0 Å². The van der Waals surface area contributed by atoms with Crippen molar-refractivity contribution < 1.29 is 0 Å². The van der Waals surface area contributed by atoms with E-state index in [2.05, 4.69) is 22.9 Å².